The maximum Gasteiger partial charge on any atom is 0.0593 e. The molecule has 0 aromatic rings. The van der Waals surface area contributed by atoms with Crippen LogP contribution in [-0.2, 0) is 91.1 Å². The van der Waals surface area contributed by atoms with Crippen molar-refractivity contribution in [2.24, 2.45) is 0 Å². The Bertz CT molecular complexity index is 187. The van der Waals surface area contributed by atoms with E-state index in [0.29, 0.717) is 0 Å². The summed E-state index contributed by atoms with van der Waals surface area (Å²) in [4.78, 5) is 94.9. The molecule has 0 aliphatic rings. The summed E-state index contributed by atoms with van der Waals surface area (Å²) in [6.07, 6.45) is 4.94. The number of carbonyl (C=O) groups excluding carboxylic acids is 12. The molecule has 0 aromatic heterocycles. The molecule has 0 rings (SSSR count). The van der Waals surface area contributed by atoms with Gasteiger partial charge in [0, 0.05) is 33.6 Å². The van der Waals surface area contributed by atoms with E-state index in [1.807, 2.05) is 19.0 Å². The molecule has 0 N–H and O–H groups in total. The molecule has 0 atom stereocenters. The van der Waals surface area contributed by atoms with Crippen molar-refractivity contribution < 1.29 is 91.1 Å². The fraction of sp³-hybridized carbons (Fsp3) is 0.176. The Hall–Kier alpha value is -3.43. The number of hydrogen-bond donors (Lipinski definition) is 0. The van der Waals surface area contributed by atoms with Crippen LogP contribution >= 0.6 is 0 Å². The van der Waals surface area contributed by atoms with E-state index < -0.39 is 0 Å². The zero-order valence-electron chi connectivity index (χ0n) is 16.7. The minimum Gasteiger partial charge on any atom is -0.545 e. The third kappa shape index (κ3) is 95300. The first-order chi connectivity index (χ1) is 14.8. The monoisotopic (exact) mass is 549 g/mol. The summed E-state index contributed by atoms with van der Waals surface area (Å²) in [5.74, 6) is 2.49. The molecule has 2 radical (unpaired) electrons. The Kier molecular flexibility index (Phi) is 29000. The number of nitrogens with zero attached hydrogens (tertiary/aromatic N) is 1. The zero-order valence-corrected chi connectivity index (χ0v) is 18.8. The van der Waals surface area contributed by atoms with Crippen LogP contribution in [-0.4, -0.2) is 107 Å². The predicted octanol–water partition coefficient (Wildman–Crippen LogP) is -3.11. The topological polar surface area (TPSA) is 208 Å². The van der Waals surface area contributed by atoms with Gasteiger partial charge in [-0.2, -0.15) is 0 Å². The Balaban J connectivity index is -0.00000000775. The number of terminal acetylenes is 1. The van der Waals surface area contributed by atoms with Crippen LogP contribution in [0.25, 0.3) is 0 Å². The molecule has 0 bridgehead atoms. The second-order valence-corrected chi connectivity index (χ2v) is 1.44. The third-order valence-corrected chi connectivity index (χ3v) is 0.408. The standard InChI is InChI=1S/C5H9N.12CHO.2Co/c1-4-5-6(2)3;12*1-2;;/h1H,5H2,2-3H3;12*1H;;/q;12*-1;;. The van der Waals surface area contributed by atoms with E-state index in [9.17, 15) is 0 Å². The first-order valence-electron chi connectivity index (χ1n) is 4.68. The normalized spacial score (nSPS) is 3.06. The van der Waals surface area contributed by atoms with Gasteiger partial charge in [0.2, 0.25) is 0 Å². The molecule has 13 nitrogen and oxygen atoms in total. The van der Waals surface area contributed by atoms with Gasteiger partial charge in [-0.3, -0.25) is 86.4 Å². The Morgan fingerprint density at radius 2 is 0.531 bits per heavy atom. The third-order valence-electron chi connectivity index (χ3n) is 0.408. The fourth-order valence-electron chi connectivity index (χ4n) is 0.183. The van der Waals surface area contributed by atoms with Gasteiger partial charge in [-0.25, -0.2) is 0 Å². The van der Waals surface area contributed by atoms with Crippen molar-refractivity contribution in [2.75, 3.05) is 20.6 Å². The average molecular weight is 549 g/mol. The van der Waals surface area contributed by atoms with Gasteiger partial charge in [-0.05, 0) is 14.1 Å². The quantitative estimate of drug-likeness (QED) is 0.180. The maximum atomic E-state index is 7.75. The number of rotatable bonds is 1. The van der Waals surface area contributed by atoms with Gasteiger partial charge in [-0.1, -0.05) is 5.92 Å². The Morgan fingerprint density at radius 3 is 0.531 bits per heavy atom. The molecule has 0 fully saturated rings. The summed E-state index contributed by atoms with van der Waals surface area (Å²) >= 11 is 0. The molecule has 0 amide bonds. The van der Waals surface area contributed by atoms with E-state index in [1.54, 1.807) is 0 Å². The van der Waals surface area contributed by atoms with Gasteiger partial charge in [0.25, 0.3) is 0 Å². The first kappa shape index (κ1) is 118. The average Bonchev–Trinajstić information content (AvgIpc) is 2.93. The first-order valence-corrected chi connectivity index (χ1v) is 4.68. The van der Waals surface area contributed by atoms with Gasteiger partial charge in [0.1, 0.15) is 0 Å². The minimum absolute atomic E-state index is 0. The maximum absolute atomic E-state index is 7.75. The number of hydrogen-bond acceptors (Lipinski definition) is 13. The van der Waals surface area contributed by atoms with Crippen molar-refractivity contribution in [1.29, 1.82) is 0 Å². The summed E-state index contributed by atoms with van der Waals surface area (Å²) in [5.41, 5.74) is 0. The molecule has 32 heavy (non-hydrogen) atoms. The summed E-state index contributed by atoms with van der Waals surface area (Å²) in [5, 5.41) is 0. The Morgan fingerprint density at radius 1 is 0.438 bits per heavy atom. The van der Waals surface area contributed by atoms with Crippen molar-refractivity contribution >= 4 is 81.5 Å². The van der Waals surface area contributed by atoms with Crippen LogP contribution < -0.4 is 0 Å². The molecule has 0 aliphatic heterocycles. The second-order valence-electron chi connectivity index (χ2n) is 1.44. The van der Waals surface area contributed by atoms with Crippen LogP contribution in [0.3, 0.4) is 0 Å². The van der Waals surface area contributed by atoms with Crippen molar-refractivity contribution in [3.63, 3.8) is 0 Å². The van der Waals surface area contributed by atoms with E-state index >= 15 is 0 Å². The second kappa shape index (κ2) is 7870. The van der Waals surface area contributed by atoms with Crippen LogP contribution in [0.2, 0.25) is 0 Å². The Labute approximate surface area is 210 Å². The molecule has 0 saturated carbocycles. The molecular formula is C17H21Co2NO12-12. The summed E-state index contributed by atoms with van der Waals surface area (Å²) in [6, 6.07) is 0. The van der Waals surface area contributed by atoms with Crippen LogP contribution in [0, 0.1) is 12.3 Å². The summed E-state index contributed by atoms with van der Waals surface area (Å²) in [6.45, 7) is 39.7. The van der Waals surface area contributed by atoms with Gasteiger partial charge in [-0.15, -0.1) is 6.42 Å². The van der Waals surface area contributed by atoms with Gasteiger partial charge < -0.3 is 57.5 Å². The van der Waals surface area contributed by atoms with Crippen LogP contribution in [0.4, 0.5) is 0 Å². The largest absolute Gasteiger partial charge is 0.545 e. The minimum atomic E-state index is 0. The smallest absolute Gasteiger partial charge is 0.0593 e. The van der Waals surface area contributed by atoms with Crippen LogP contribution in [0.1, 0.15) is 0 Å². The van der Waals surface area contributed by atoms with Crippen LogP contribution in [0.15, 0.2) is 0 Å². The van der Waals surface area contributed by atoms with E-state index in [2.05, 4.69) is 87.4 Å². The molecule has 0 heterocycles. The van der Waals surface area contributed by atoms with E-state index in [-0.39, 0.29) is 33.6 Å². The predicted molar refractivity (Wildman–Crippen MR) is 108 cm³/mol. The molecule has 196 valence electrons. The SMILES string of the molecule is C#CCN(C)C.[CH-]=O.[CH-]=O.[CH-]=O.[CH-]=O.[CH-]=O.[CH-]=O.[CH-]=O.[CH-]=O.[CH-]=O.[CH-]=O.[CH-]=O.[CH-]=O.[Co].[Co]. The molecule has 0 unspecified atom stereocenters. The molecule has 0 saturated heterocycles. The molecular weight excluding hydrogens is 528 g/mol. The summed E-state index contributed by atoms with van der Waals surface area (Å²) < 4.78 is 0. The van der Waals surface area contributed by atoms with E-state index in [4.69, 9.17) is 64.0 Å². The molecule has 15 heteroatoms. The molecule has 0 aromatic carbocycles. The molecule has 0 spiro atoms. The summed E-state index contributed by atoms with van der Waals surface area (Å²) in [7, 11) is 3.89. The fourth-order valence-corrected chi connectivity index (χ4v) is 0.183. The van der Waals surface area contributed by atoms with Gasteiger partial charge >= 0.3 is 0 Å². The van der Waals surface area contributed by atoms with Crippen LogP contribution in [0.5, 0.6) is 0 Å². The molecule has 0 aliphatic carbocycles. The van der Waals surface area contributed by atoms with Crippen molar-refractivity contribution in [3.8, 4) is 12.3 Å². The van der Waals surface area contributed by atoms with Gasteiger partial charge in [0.15, 0.2) is 0 Å². The van der Waals surface area contributed by atoms with Gasteiger partial charge in [0.05, 0.1) is 6.54 Å². The van der Waals surface area contributed by atoms with Crippen molar-refractivity contribution in [3.05, 3.63) is 0 Å². The van der Waals surface area contributed by atoms with E-state index in [0.717, 1.165) is 6.54 Å². The zero-order chi connectivity index (χ0) is 29.0. The van der Waals surface area contributed by atoms with Crippen molar-refractivity contribution in [1.82, 2.24) is 4.90 Å². The van der Waals surface area contributed by atoms with E-state index in [1.165, 1.54) is 0 Å². The van der Waals surface area contributed by atoms with Crippen molar-refractivity contribution in [2.45, 2.75) is 0 Å².